The van der Waals surface area contributed by atoms with Crippen molar-refractivity contribution < 1.29 is 80.2 Å². The van der Waals surface area contributed by atoms with Gasteiger partial charge in [0.2, 0.25) is 0 Å². The van der Waals surface area contributed by atoms with Crippen LogP contribution in [0.1, 0.15) is 356 Å². The summed E-state index contributed by atoms with van der Waals surface area (Å²) < 4.78 is 68.2. The standard InChI is InChI=1S/C69H134O17P2/c1-6-9-12-15-18-21-23-25-27-29-31-34-39-44-49-54-68(73)85-64(58-80-67(72)53-48-43-38-33-30-28-26-24-22-19-16-13-10-7-2)60-83-87(75,76)81-56-63(70)57-82-88(77,78)84-61-65(59-79-66(71)52-47-42-37-32-20-17-14-11-8-3)86-69(74)55-50-45-40-35-36-41-46-51-62(4)5/h62-65,70H,6-61H2,1-5H3,(H,75,76)(H,77,78)/t63-,64-,65-/m1/s1. The fourth-order valence-corrected chi connectivity index (χ4v) is 12.0. The van der Waals surface area contributed by atoms with Crippen molar-refractivity contribution in [2.24, 2.45) is 5.92 Å². The number of hydrogen-bond acceptors (Lipinski definition) is 15. The first-order valence-corrected chi connectivity index (χ1v) is 39.1. The van der Waals surface area contributed by atoms with Gasteiger partial charge in [0, 0.05) is 25.7 Å². The van der Waals surface area contributed by atoms with Crippen molar-refractivity contribution in [2.75, 3.05) is 39.6 Å². The van der Waals surface area contributed by atoms with Gasteiger partial charge in [0.1, 0.15) is 19.3 Å². The summed E-state index contributed by atoms with van der Waals surface area (Å²) in [5.74, 6) is -1.43. The molecule has 0 bridgehead atoms. The summed E-state index contributed by atoms with van der Waals surface area (Å²) in [6, 6.07) is 0. The Labute approximate surface area is 537 Å². The third-order valence-electron chi connectivity index (χ3n) is 16.0. The van der Waals surface area contributed by atoms with Gasteiger partial charge in [0.05, 0.1) is 26.4 Å². The minimum Gasteiger partial charge on any atom is -0.462 e. The highest BCUT2D eigenvalue weighted by atomic mass is 31.2. The molecular formula is C69H134O17P2. The third kappa shape index (κ3) is 62.8. The quantitative estimate of drug-likeness (QED) is 0.0222. The van der Waals surface area contributed by atoms with Gasteiger partial charge in [-0.3, -0.25) is 37.3 Å². The predicted octanol–water partition coefficient (Wildman–Crippen LogP) is 19.7. The average Bonchev–Trinajstić information content (AvgIpc) is 3.68. The fourth-order valence-electron chi connectivity index (χ4n) is 10.5. The molecule has 0 fully saturated rings. The smallest absolute Gasteiger partial charge is 0.462 e. The number of aliphatic hydroxyl groups is 1. The minimum atomic E-state index is -4.95. The van der Waals surface area contributed by atoms with Crippen LogP contribution in [0.3, 0.4) is 0 Å². The van der Waals surface area contributed by atoms with Crippen LogP contribution in [0.5, 0.6) is 0 Å². The number of carbonyl (C=O) groups excluding carboxylic acids is 4. The van der Waals surface area contributed by atoms with Crippen molar-refractivity contribution in [1.29, 1.82) is 0 Å². The average molecular weight is 1300 g/mol. The Bertz CT molecular complexity index is 1700. The molecule has 17 nitrogen and oxygen atoms in total. The van der Waals surface area contributed by atoms with E-state index in [9.17, 15) is 43.2 Å². The van der Waals surface area contributed by atoms with E-state index in [1.807, 2.05) is 0 Å². The minimum absolute atomic E-state index is 0.104. The second-order valence-electron chi connectivity index (χ2n) is 25.4. The molecule has 0 saturated heterocycles. The molecule has 0 aromatic rings. The molecule has 0 aromatic heterocycles. The van der Waals surface area contributed by atoms with Crippen LogP contribution in [0, 0.1) is 5.92 Å². The Balaban J connectivity index is 5.23. The Morgan fingerprint density at radius 1 is 0.307 bits per heavy atom. The van der Waals surface area contributed by atoms with Gasteiger partial charge in [-0.1, -0.05) is 304 Å². The molecule has 522 valence electrons. The molecule has 0 aliphatic rings. The van der Waals surface area contributed by atoms with E-state index < -0.39 is 97.5 Å². The van der Waals surface area contributed by atoms with E-state index in [1.165, 1.54) is 180 Å². The highest BCUT2D eigenvalue weighted by Gasteiger charge is 2.30. The SMILES string of the molecule is CCCCCCCCCCCCCCCCCC(=O)O[C@H](COC(=O)CCCCCCCCCCCCCCCC)COP(=O)(O)OC[C@@H](O)COP(=O)(O)OC[C@@H](COC(=O)CCCCCCCCCCC)OC(=O)CCCCCCCCCC(C)C. The van der Waals surface area contributed by atoms with E-state index in [0.29, 0.717) is 31.6 Å². The second-order valence-corrected chi connectivity index (χ2v) is 28.3. The van der Waals surface area contributed by atoms with E-state index in [1.54, 1.807) is 0 Å². The Morgan fingerprint density at radius 3 is 0.773 bits per heavy atom. The molecule has 2 unspecified atom stereocenters. The molecule has 0 aliphatic carbocycles. The summed E-state index contributed by atoms with van der Waals surface area (Å²) in [4.78, 5) is 72.4. The molecule has 19 heteroatoms. The lowest BCUT2D eigenvalue weighted by Gasteiger charge is -2.21. The van der Waals surface area contributed by atoms with Gasteiger partial charge in [-0.15, -0.1) is 0 Å². The third-order valence-corrected chi connectivity index (χ3v) is 17.9. The molecule has 0 spiro atoms. The number of phosphoric ester groups is 2. The van der Waals surface area contributed by atoms with Crippen molar-refractivity contribution in [1.82, 2.24) is 0 Å². The van der Waals surface area contributed by atoms with Crippen LogP contribution in [0.25, 0.3) is 0 Å². The van der Waals surface area contributed by atoms with Gasteiger partial charge in [-0.2, -0.15) is 0 Å². The van der Waals surface area contributed by atoms with Crippen molar-refractivity contribution in [3.8, 4) is 0 Å². The maximum atomic E-state index is 13.0. The van der Waals surface area contributed by atoms with E-state index in [0.717, 1.165) is 89.9 Å². The van der Waals surface area contributed by atoms with Crippen molar-refractivity contribution in [3.63, 3.8) is 0 Å². The van der Waals surface area contributed by atoms with Crippen molar-refractivity contribution in [2.45, 2.75) is 374 Å². The maximum absolute atomic E-state index is 13.0. The summed E-state index contributed by atoms with van der Waals surface area (Å²) in [6.07, 6.45) is 48.6. The van der Waals surface area contributed by atoms with Crippen LogP contribution < -0.4 is 0 Å². The first-order valence-electron chi connectivity index (χ1n) is 36.1. The number of carbonyl (C=O) groups is 4. The summed E-state index contributed by atoms with van der Waals surface area (Å²) >= 11 is 0. The number of phosphoric acid groups is 2. The zero-order valence-corrected chi connectivity index (χ0v) is 58.6. The van der Waals surface area contributed by atoms with Crippen LogP contribution in [0.2, 0.25) is 0 Å². The fraction of sp³-hybridized carbons (Fsp3) is 0.942. The summed E-state index contributed by atoms with van der Waals surface area (Å²) in [7, 11) is -9.89. The molecule has 3 N–H and O–H groups in total. The number of esters is 4. The highest BCUT2D eigenvalue weighted by Crippen LogP contribution is 2.45. The molecule has 0 saturated carbocycles. The largest absolute Gasteiger partial charge is 0.472 e. The zero-order chi connectivity index (χ0) is 64.9. The van der Waals surface area contributed by atoms with E-state index >= 15 is 0 Å². The lowest BCUT2D eigenvalue weighted by Crippen LogP contribution is -2.30. The van der Waals surface area contributed by atoms with E-state index in [-0.39, 0.29) is 25.7 Å². The van der Waals surface area contributed by atoms with Crippen molar-refractivity contribution in [3.05, 3.63) is 0 Å². The monoisotopic (exact) mass is 1300 g/mol. The van der Waals surface area contributed by atoms with Gasteiger partial charge in [-0.25, -0.2) is 9.13 Å². The summed E-state index contributed by atoms with van der Waals surface area (Å²) in [6.45, 7) is 7.17. The number of hydrogen-bond donors (Lipinski definition) is 3. The molecule has 0 aromatic carbocycles. The molecule has 0 aliphatic heterocycles. The Morgan fingerprint density at radius 2 is 0.523 bits per heavy atom. The van der Waals surface area contributed by atoms with Crippen LogP contribution in [0.4, 0.5) is 0 Å². The first kappa shape index (κ1) is 86.1. The van der Waals surface area contributed by atoms with Gasteiger partial charge < -0.3 is 33.8 Å². The van der Waals surface area contributed by atoms with Crippen molar-refractivity contribution >= 4 is 39.5 Å². The molecule has 5 atom stereocenters. The van der Waals surface area contributed by atoms with E-state index in [4.69, 9.17) is 37.0 Å². The van der Waals surface area contributed by atoms with Crippen LogP contribution in [-0.2, 0) is 65.4 Å². The molecule has 88 heavy (non-hydrogen) atoms. The van der Waals surface area contributed by atoms with Gasteiger partial charge in [-0.05, 0) is 31.6 Å². The van der Waals surface area contributed by atoms with Gasteiger partial charge in [0.15, 0.2) is 12.2 Å². The van der Waals surface area contributed by atoms with Crippen LogP contribution in [-0.4, -0.2) is 96.7 Å². The lowest BCUT2D eigenvalue weighted by atomic mass is 10.0. The summed E-state index contributed by atoms with van der Waals surface area (Å²) in [5.41, 5.74) is 0. The maximum Gasteiger partial charge on any atom is 0.472 e. The highest BCUT2D eigenvalue weighted by molar-refractivity contribution is 7.47. The zero-order valence-electron chi connectivity index (χ0n) is 56.9. The molecule has 0 rings (SSSR count). The molecule has 0 amide bonds. The normalized spacial score (nSPS) is 14.1. The molecular weight excluding hydrogens is 1160 g/mol. The predicted molar refractivity (Wildman–Crippen MR) is 354 cm³/mol. The van der Waals surface area contributed by atoms with Gasteiger partial charge >= 0.3 is 39.5 Å². The van der Waals surface area contributed by atoms with E-state index in [2.05, 4.69) is 34.6 Å². The Hall–Kier alpha value is -1.94. The number of ether oxygens (including phenoxy) is 4. The van der Waals surface area contributed by atoms with Gasteiger partial charge in [0.25, 0.3) is 0 Å². The second kappa shape index (κ2) is 62.5. The molecule has 0 heterocycles. The summed E-state index contributed by atoms with van der Waals surface area (Å²) in [5, 5.41) is 10.6. The lowest BCUT2D eigenvalue weighted by molar-refractivity contribution is -0.161. The molecule has 0 radical (unpaired) electrons. The topological polar surface area (TPSA) is 237 Å². The van der Waals surface area contributed by atoms with Crippen LogP contribution in [0.15, 0.2) is 0 Å². The first-order chi connectivity index (χ1) is 42.5. The van der Waals surface area contributed by atoms with Crippen LogP contribution >= 0.6 is 15.6 Å². The number of rotatable bonds is 69. The Kier molecular flexibility index (Phi) is 61.1. The number of unbranched alkanes of at least 4 members (excludes halogenated alkanes) is 41. The number of aliphatic hydroxyl groups excluding tert-OH is 1.